The van der Waals surface area contributed by atoms with Crippen LogP contribution in [0.3, 0.4) is 0 Å². The maximum absolute atomic E-state index is 12.6. The molecule has 1 aromatic rings. The summed E-state index contributed by atoms with van der Waals surface area (Å²) in [5.74, 6) is 0. The number of aryl methyl sites for hydroxylation is 1. The third kappa shape index (κ3) is 2.76. The number of benzene rings is 1. The van der Waals surface area contributed by atoms with Crippen LogP contribution in [0.15, 0.2) is 17.0 Å². The first-order chi connectivity index (χ1) is 8.87. The molecule has 0 saturated carbocycles. The number of rotatable bonds is 3. The Balaban J connectivity index is 2.48. The Kier molecular flexibility index (Phi) is 4.42. The highest BCUT2D eigenvalue weighted by Gasteiger charge is 2.36. The molecule has 0 spiro atoms. The Morgan fingerprint density at radius 1 is 1.37 bits per heavy atom. The van der Waals surface area contributed by atoms with E-state index in [9.17, 15) is 13.5 Å². The molecule has 0 aromatic heterocycles. The molecule has 1 saturated heterocycles. The number of halogens is 2. The van der Waals surface area contributed by atoms with Crippen molar-refractivity contribution in [2.75, 3.05) is 13.2 Å². The first-order valence-corrected chi connectivity index (χ1v) is 8.16. The van der Waals surface area contributed by atoms with Gasteiger partial charge in [0.15, 0.2) is 0 Å². The van der Waals surface area contributed by atoms with E-state index in [2.05, 4.69) is 0 Å². The van der Waals surface area contributed by atoms with Gasteiger partial charge in [-0.25, -0.2) is 8.42 Å². The molecule has 7 heteroatoms. The highest BCUT2D eigenvalue weighted by molar-refractivity contribution is 7.89. The summed E-state index contributed by atoms with van der Waals surface area (Å²) >= 11 is 11.9. The minimum Gasteiger partial charge on any atom is -0.395 e. The molecule has 19 heavy (non-hydrogen) atoms. The Labute approximate surface area is 123 Å². The van der Waals surface area contributed by atoms with E-state index >= 15 is 0 Å². The van der Waals surface area contributed by atoms with Crippen LogP contribution in [0.25, 0.3) is 0 Å². The maximum atomic E-state index is 12.6. The lowest BCUT2D eigenvalue weighted by Crippen LogP contribution is -2.37. The average Bonchev–Trinajstić information content (AvgIpc) is 2.82. The van der Waals surface area contributed by atoms with Crippen molar-refractivity contribution in [2.24, 2.45) is 0 Å². The molecule has 0 bridgehead atoms. The number of sulfonamides is 1. The molecule has 0 amide bonds. The third-order valence-electron chi connectivity index (χ3n) is 3.33. The molecule has 2 rings (SSSR count). The van der Waals surface area contributed by atoms with Gasteiger partial charge >= 0.3 is 0 Å². The lowest BCUT2D eigenvalue weighted by molar-refractivity contribution is 0.213. The highest BCUT2D eigenvalue weighted by Crippen LogP contribution is 2.33. The van der Waals surface area contributed by atoms with Gasteiger partial charge in [-0.15, -0.1) is 0 Å². The summed E-state index contributed by atoms with van der Waals surface area (Å²) in [6, 6.07) is 2.55. The van der Waals surface area contributed by atoms with Crippen molar-refractivity contribution in [3.63, 3.8) is 0 Å². The van der Waals surface area contributed by atoms with Crippen molar-refractivity contribution in [3.8, 4) is 0 Å². The molecule has 4 nitrogen and oxygen atoms in total. The zero-order valence-corrected chi connectivity index (χ0v) is 12.8. The van der Waals surface area contributed by atoms with E-state index in [-0.39, 0.29) is 22.6 Å². The number of nitrogens with zero attached hydrogens (tertiary/aromatic N) is 1. The second kappa shape index (κ2) is 5.58. The van der Waals surface area contributed by atoms with Crippen LogP contribution in [-0.4, -0.2) is 37.0 Å². The van der Waals surface area contributed by atoms with E-state index in [1.807, 2.05) is 0 Å². The van der Waals surface area contributed by atoms with Gasteiger partial charge < -0.3 is 5.11 Å². The molecule has 106 valence electrons. The van der Waals surface area contributed by atoms with Gasteiger partial charge in [-0.2, -0.15) is 4.31 Å². The second-order valence-corrected chi connectivity index (χ2v) is 7.30. The van der Waals surface area contributed by atoms with Crippen LogP contribution >= 0.6 is 23.2 Å². The molecule has 1 aliphatic rings. The van der Waals surface area contributed by atoms with Crippen molar-refractivity contribution in [1.82, 2.24) is 4.31 Å². The number of hydrogen-bond donors (Lipinski definition) is 1. The van der Waals surface area contributed by atoms with Gasteiger partial charge in [0.2, 0.25) is 10.0 Å². The van der Waals surface area contributed by atoms with Gasteiger partial charge in [-0.3, -0.25) is 0 Å². The summed E-state index contributed by atoms with van der Waals surface area (Å²) in [5.41, 5.74) is 0.657. The zero-order chi connectivity index (χ0) is 14.2. The zero-order valence-electron chi connectivity index (χ0n) is 10.4. The van der Waals surface area contributed by atoms with Gasteiger partial charge in [0, 0.05) is 17.6 Å². The predicted octanol–water partition coefficient (Wildman–Crippen LogP) is 2.45. The summed E-state index contributed by atoms with van der Waals surface area (Å²) in [5, 5.41) is 9.80. The van der Waals surface area contributed by atoms with Gasteiger partial charge in [-0.05, 0) is 37.5 Å². The topological polar surface area (TPSA) is 57.6 Å². The second-order valence-electron chi connectivity index (χ2n) is 4.63. The van der Waals surface area contributed by atoms with Crippen LogP contribution in [-0.2, 0) is 10.0 Å². The van der Waals surface area contributed by atoms with Gasteiger partial charge in [0.25, 0.3) is 0 Å². The Morgan fingerprint density at radius 2 is 2.05 bits per heavy atom. The molecular weight excluding hydrogens is 309 g/mol. The molecule has 1 N–H and O–H groups in total. The smallest absolute Gasteiger partial charge is 0.244 e. The summed E-state index contributed by atoms with van der Waals surface area (Å²) in [4.78, 5) is 0.0522. The lowest BCUT2D eigenvalue weighted by Gasteiger charge is -2.23. The minimum atomic E-state index is -3.69. The molecule has 1 unspecified atom stereocenters. The summed E-state index contributed by atoms with van der Waals surface area (Å²) in [7, 11) is -3.69. The van der Waals surface area contributed by atoms with E-state index in [1.165, 1.54) is 16.4 Å². The van der Waals surface area contributed by atoms with Crippen LogP contribution in [0.1, 0.15) is 18.4 Å². The molecular formula is C12H15Cl2NO3S. The van der Waals surface area contributed by atoms with Gasteiger partial charge in [0.05, 0.1) is 11.6 Å². The number of hydrogen-bond acceptors (Lipinski definition) is 3. The third-order valence-corrected chi connectivity index (χ3v) is 6.16. The van der Waals surface area contributed by atoms with Gasteiger partial charge in [0.1, 0.15) is 4.90 Å². The molecule has 1 aliphatic heterocycles. The van der Waals surface area contributed by atoms with E-state index in [1.54, 1.807) is 6.92 Å². The first kappa shape index (κ1) is 15.1. The van der Waals surface area contributed by atoms with Crippen LogP contribution in [0.2, 0.25) is 10.0 Å². The van der Waals surface area contributed by atoms with Crippen molar-refractivity contribution in [1.29, 1.82) is 0 Å². The van der Waals surface area contributed by atoms with Crippen molar-refractivity contribution in [3.05, 3.63) is 27.7 Å². The van der Waals surface area contributed by atoms with Crippen LogP contribution in [0, 0.1) is 6.92 Å². The monoisotopic (exact) mass is 323 g/mol. The molecule has 1 fully saturated rings. The molecule has 0 radical (unpaired) electrons. The first-order valence-electron chi connectivity index (χ1n) is 5.96. The number of aliphatic hydroxyl groups excluding tert-OH is 1. The Morgan fingerprint density at radius 3 is 2.68 bits per heavy atom. The molecule has 1 heterocycles. The standard InChI is InChI=1S/C12H15Cl2NO3S/c1-8-5-12(11(14)6-10(8)13)19(17,18)15-4-2-3-9(15)7-16/h5-6,9,16H,2-4,7H2,1H3. The SMILES string of the molecule is Cc1cc(S(=O)(=O)N2CCCC2CO)c(Cl)cc1Cl. The molecule has 1 atom stereocenters. The van der Waals surface area contributed by atoms with Crippen LogP contribution in [0.5, 0.6) is 0 Å². The largest absolute Gasteiger partial charge is 0.395 e. The lowest BCUT2D eigenvalue weighted by atomic mass is 10.2. The molecule has 1 aromatic carbocycles. The van der Waals surface area contributed by atoms with E-state index in [0.717, 1.165) is 6.42 Å². The highest BCUT2D eigenvalue weighted by atomic mass is 35.5. The quantitative estimate of drug-likeness (QED) is 0.929. The fourth-order valence-electron chi connectivity index (χ4n) is 2.26. The van der Waals surface area contributed by atoms with Crippen molar-refractivity contribution >= 4 is 33.2 Å². The van der Waals surface area contributed by atoms with Crippen molar-refractivity contribution in [2.45, 2.75) is 30.7 Å². The van der Waals surface area contributed by atoms with E-state index < -0.39 is 10.0 Å². The summed E-state index contributed by atoms with van der Waals surface area (Å²) < 4.78 is 26.5. The number of aliphatic hydroxyl groups is 1. The van der Waals surface area contributed by atoms with Crippen molar-refractivity contribution < 1.29 is 13.5 Å². The minimum absolute atomic E-state index is 0.0522. The fraction of sp³-hybridized carbons (Fsp3) is 0.500. The summed E-state index contributed by atoms with van der Waals surface area (Å²) in [6.07, 6.45) is 1.41. The summed E-state index contributed by atoms with van der Waals surface area (Å²) in [6.45, 7) is 1.96. The fourth-order valence-corrected chi connectivity index (χ4v) is 4.76. The predicted molar refractivity (Wildman–Crippen MR) is 75.2 cm³/mol. The normalized spacial score (nSPS) is 20.9. The van der Waals surface area contributed by atoms with E-state index in [4.69, 9.17) is 23.2 Å². The maximum Gasteiger partial charge on any atom is 0.244 e. The van der Waals surface area contributed by atoms with E-state index in [0.29, 0.717) is 23.6 Å². The van der Waals surface area contributed by atoms with Crippen LogP contribution < -0.4 is 0 Å². The Bertz CT molecular complexity index is 589. The van der Waals surface area contributed by atoms with Gasteiger partial charge in [-0.1, -0.05) is 23.2 Å². The average molecular weight is 324 g/mol. The van der Waals surface area contributed by atoms with Crippen LogP contribution in [0.4, 0.5) is 0 Å². The molecule has 0 aliphatic carbocycles. The Hall–Kier alpha value is -0.330.